The van der Waals surface area contributed by atoms with Crippen LogP contribution in [-0.2, 0) is 0 Å². The SMILES string of the molecule is CCN(CC)CCNC(=O)c1cc(I)ccc1Br. The molecule has 1 rings (SSSR count). The maximum absolute atomic E-state index is 12.0. The zero-order valence-electron chi connectivity index (χ0n) is 10.7. The van der Waals surface area contributed by atoms with Crippen molar-refractivity contribution in [3.05, 3.63) is 31.8 Å². The highest BCUT2D eigenvalue weighted by molar-refractivity contribution is 14.1. The van der Waals surface area contributed by atoms with Gasteiger partial charge in [-0.25, -0.2) is 0 Å². The van der Waals surface area contributed by atoms with Crippen LogP contribution in [0.3, 0.4) is 0 Å². The Morgan fingerprint density at radius 2 is 2.06 bits per heavy atom. The lowest BCUT2D eigenvalue weighted by molar-refractivity contribution is 0.0948. The predicted molar refractivity (Wildman–Crippen MR) is 87.0 cm³/mol. The van der Waals surface area contributed by atoms with E-state index < -0.39 is 0 Å². The van der Waals surface area contributed by atoms with Crippen molar-refractivity contribution in [3.63, 3.8) is 0 Å². The molecule has 0 radical (unpaired) electrons. The van der Waals surface area contributed by atoms with E-state index in [1.54, 1.807) is 0 Å². The van der Waals surface area contributed by atoms with E-state index in [1.807, 2.05) is 18.2 Å². The molecule has 5 heteroatoms. The fourth-order valence-electron chi connectivity index (χ4n) is 1.63. The zero-order chi connectivity index (χ0) is 13.5. The first-order valence-corrected chi connectivity index (χ1v) is 7.91. The van der Waals surface area contributed by atoms with E-state index in [0.29, 0.717) is 12.1 Å². The molecule has 1 N–H and O–H groups in total. The minimum atomic E-state index is -0.0208. The third-order valence-electron chi connectivity index (χ3n) is 2.78. The molecule has 0 fully saturated rings. The molecular formula is C13H18BrIN2O. The van der Waals surface area contributed by atoms with Gasteiger partial charge in [-0.15, -0.1) is 0 Å². The van der Waals surface area contributed by atoms with Gasteiger partial charge in [0, 0.05) is 21.1 Å². The van der Waals surface area contributed by atoms with Crippen LogP contribution in [0.15, 0.2) is 22.7 Å². The minimum Gasteiger partial charge on any atom is -0.351 e. The first kappa shape index (κ1) is 15.9. The lowest BCUT2D eigenvalue weighted by Gasteiger charge is -2.18. The number of likely N-dealkylation sites (N-methyl/N-ethyl adjacent to an activating group) is 1. The molecule has 0 saturated heterocycles. The molecule has 18 heavy (non-hydrogen) atoms. The Balaban J connectivity index is 2.53. The Morgan fingerprint density at radius 1 is 1.39 bits per heavy atom. The van der Waals surface area contributed by atoms with E-state index in [2.05, 4.69) is 62.6 Å². The topological polar surface area (TPSA) is 32.3 Å². The molecule has 0 aliphatic carbocycles. The van der Waals surface area contributed by atoms with Crippen molar-refractivity contribution < 1.29 is 4.79 Å². The van der Waals surface area contributed by atoms with Crippen LogP contribution in [0.1, 0.15) is 24.2 Å². The second kappa shape index (κ2) is 8.12. The van der Waals surface area contributed by atoms with E-state index in [0.717, 1.165) is 27.7 Å². The number of rotatable bonds is 6. The van der Waals surface area contributed by atoms with Crippen molar-refractivity contribution in [2.24, 2.45) is 0 Å². The van der Waals surface area contributed by atoms with Crippen molar-refractivity contribution in [1.29, 1.82) is 0 Å². The summed E-state index contributed by atoms with van der Waals surface area (Å²) in [6.07, 6.45) is 0. The molecule has 0 unspecified atom stereocenters. The van der Waals surface area contributed by atoms with Crippen molar-refractivity contribution in [2.45, 2.75) is 13.8 Å². The third kappa shape index (κ3) is 4.85. The number of nitrogens with zero attached hydrogens (tertiary/aromatic N) is 1. The highest BCUT2D eigenvalue weighted by Gasteiger charge is 2.10. The molecule has 0 saturated carbocycles. The minimum absolute atomic E-state index is 0.0208. The largest absolute Gasteiger partial charge is 0.351 e. The van der Waals surface area contributed by atoms with Crippen LogP contribution in [0.2, 0.25) is 0 Å². The summed E-state index contributed by atoms with van der Waals surface area (Å²) in [6.45, 7) is 7.85. The molecule has 1 aromatic carbocycles. The number of carbonyl (C=O) groups excluding carboxylic acids is 1. The molecule has 0 bridgehead atoms. The van der Waals surface area contributed by atoms with Gasteiger partial charge in [0.2, 0.25) is 0 Å². The number of carbonyl (C=O) groups is 1. The molecule has 0 aromatic heterocycles. The average Bonchev–Trinajstić information content (AvgIpc) is 2.37. The summed E-state index contributed by atoms with van der Waals surface area (Å²) < 4.78 is 1.90. The van der Waals surface area contributed by atoms with Crippen LogP contribution >= 0.6 is 38.5 Å². The summed E-state index contributed by atoms with van der Waals surface area (Å²) in [5.41, 5.74) is 0.696. The molecule has 0 aliphatic rings. The van der Waals surface area contributed by atoms with Gasteiger partial charge in [0.05, 0.1) is 5.56 Å². The summed E-state index contributed by atoms with van der Waals surface area (Å²) in [6, 6.07) is 5.76. The van der Waals surface area contributed by atoms with Crippen LogP contribution in [0, 0.1) is 3.57 Å². The van der Waals surface area contributed by atoms with E-state index in [4.69, 9.17) is 0 Å². The van der Waals surface area contributed by atoms with Gasteiger partial charge in [-0.2, -0.15) is 0 Å². The first-order chi connectivity index (χ1) is 8.58. The lowest BCUT2D eigenvalue weighted by atomic mass is 10.2. The number of nitrogens with one attached hydrogen (secondary N) is 1. The fourth-order valence-corrected chi connectivity index (χ4v) is 2.55. The standard InChI is InChI=1S/C13H18BrIN2O/c1-3-17(4-2)8-7-16-13(18)11-9-10(15)5-6-12(11)14/h5-6,9H,3-4,7-8H2,1-2H3,(H,16,18). The smallest absolute Gasteiger partial charge is 0.252 e. The Hall–Kier alpha value is -0.140. The van der Waals surface area contributed by atoms with Gasteiger partial charge in [0.15, 0.2) is 0 Å². The number of halogens is 2. The fraction of sp³-hybridized carbons (Fsp3) is 0.462. The van der Waals surface area contributed by atoms with Crippen LogP contribution in [0.25, 0.3) is 0 Å². The molecule has 0 aliphatic heterocycles. The quantitative estimate of drug-likeness (QED) is 0.711. The van der Waals surface area contributed by atoms with Gasteiger partial charge >= 0.3 is 0 Å². The molecule has 0 heterocycles. The molecule has 1 amide bonds. The average molecular weight is 425 g/mol. The first-order valence-electron chi connectivity index (χ1n) is 6.04. The van der Waals surface area contributed by atoms with Crippen LogP contribution < -0.4 is 5.32 Å². The lowest BCUT2D eigenvalue weighted by Crippen LogP contribution is -2.34. The van der Waals surface area contributed by atoms with Crippen LogP contribution in [0.4, 0.5) is 0 Å². The highest BCUT2D eigenvalue weighted by atomic mass is 127. The number of amides is 1. The van der Waals surface area contributed by atoms with Crippen molar-refractivity contribution in [3.8, 4) is 0 Å². The second-order valence-electron chi connectivity index (χ2n) is 3.91. The molecule has 0 atom stereocenters. The Bertz CT molecular complexity index is 408. The number of hydrogen-bond acceptors (Lipinski definition) is 2. The predicted octanol–water partition coefficient (Wildman–Crippen LogP) is 3.13. The monoisotopic (exact) mass is 424 g/mol. The summed E-state index contributed by atoms with van der Waals surface area (Å²) in [5, 5.41) is 2.95. The molecule has 100 valence electrons. The summed E-state index contributed by atoms with van der Waals surface area (Å²) in [5.74, 6) is -0.0208. The van der Waals surface area contributed by atoms with E-state index in [-0.39, 0.29) is 5.91 Å². The second-order valence-corrected chi connectivity index (χ2v) is 6.01. The van der Waals surface area contributed by atoms with Crippen molar-refractivity contribution in [1.82, 2.24) is 10.2 Å². The Kier molecular flexibility index (Phi) is 7.18. The summed E-state index contributed by atoms with van der Waals surface area (Å²) >= 11 is 5.61. The van der Waals surface area contributed by atoms with Gasteiger partial charge in [0.1, 0.15) is 0 Å². The number of benzene rings is 1. The maximum atomic E-state index is 12.0. The normalized spacial score (nSPS) is 10.7. The number of hydrogen-bond donors (Lipinski definition) is 1. The van der Waals surface area contributed by atoms with E-state index >= 15 is 0 Å². The molecule has 0 spiro atoms. The van der Waals surface area contributed by atoms with Crippen LogP contribution in [0.5, 0.6) is 0 Å². The van der Waals surface area contributed by atoms with Gasteiger partial charge in [-0.3, -0.25) is 4.79 Å². The van der Waals surface area contributed by atoms with Gasteiger partial charge in [-0.05, 0) is 69.8 Å². The summed E-state index contributed by atoms with van der Waals surface area (Å²) in [7, 11) is 0. The third-order valence-corrected chi connectivity index (χ3v) is 4.14. The Labute approximate surface area is 131 Å². The molecule has 3 nitrogen and oxygen atoms in total. The van der Waals surface area contributed by atoms with E-state index in [1.165, 1.54) is 0 Å². The highest BCUT2D eigenvalue weighted by Crippen LogP contribution is 2.19. The van der Waals surface area contributed by atoms with Gasteiger partial charge in [0.25, 0.3) is 5.91 Å². The van der Waals surface area contributed by atoms with Crippen molar-refractivity contribution in [2.75, 3.05) is 26.2 Å². The molecular weight excluding hydrogens is 407 g/mol. The van der Waals surface area contributed by atoms with Gasteiger partial charge < -0.3 is 10.2 Å². The van der Waals surface area contributed by atoms with Gasteiger partial charge in [-0.1, -0.05) is 13.8 Å². The van der Waals surface area contributed by atoms with E-state index in [9.17, 15) is 4.79 Å². The summed E-state index contributed by atoms with van der Waals surface area (Å²) in [4.78, 5) is 14.3. The maximum Gasteiger partial charge on any atom is 0.252 e. The molecule has 1 aromatic rings. The van der Waals surface area contributed by atoms with Crippen LogP contribution in [-0.4, -0.2) is 37.0 Å². The Morgan fingerprint density at radius 3 is 2.67 bits per heavy atom. The zero-order valence-corrected chi connectivity index (χ0v) is 14.4. The van der Waals surface area contributed by atoms with Crippen molar-refractivity contribution >= 4 is 44.4 Å².